The average Bonchev–Trinajstić information content (AvgIpc) is 3.08. The Balaban J connectivity index is 1.45. The van der Waals surface area contributed by atoms with Crippen molar-refractivity contribution < 1.29 is 4.79 Å². The van der Waals surface area contributed by atoms with Crippen molar-refractivity contribution in [2.75, 3.05) is 5.32 Å². The molecule has 0 radical (unpaired) electrons. The summed E-state index contributed by atoms with van der Waals surface area (Å²) in [6.45, 7) is 0. The van der Waals surface area contributed by atoms with Gasteiger partial charge in [0.2, 0.25) is 5.91 Å². The molecule has 0 bridgehead atoms. The molecule has 4 aromatic rings. The topological polar surface area (TPSA) is 90.6 Å². The van der Waals surface area contributed by atoms with Crippen molar-refractivity contribution >= 4 is 33.4 Å². The van der Waals surface area contributed by atoms with Crippen LogP contribution in [-0.2, 0) is 11.2 Å². The highest BCUT2D eigenvalue weighted by atomic mass is 16.1. The molecule has 0 fully saturated rings. The Morgan fingerprint density at radius 1 is 1.12 bits per heavy atom. The van der Waals surface area contributed by atoms with Gasteiger partial charge in [0, 0.05) is 30.2 Å². The van der Waals surface area contributed by atoms with E-state index in [1.807, 2.05) is 36.5 Å². The van der Waals surface area contributed by atoms with Gasteiger partial charge in [-0.15, -0.1) is 0 Å². The number of amides is 1. The summed E-state index contributed by atoms with van der Waals surface area (Å²) in [5.41, 5.74) is 2.16. The van der Waals surface area contributed by atoms with Gasteiger partial charge in [0.25, 0.3) is 5.56 Å². The molecule has 4 rings (SSSR count). The van der Waals surface area contributed by atoms with Crippen LogP contribution in [0, 0.1) is 0 Å². The van der Waals surface area contributed by atoms with Gasteiger partial charge in [-0.25, -0.2) is 4.98 Å². The van der Waals surface area contributed by atoms with Crippen LogP contribution >= 0.6 is 0 Å². The third-order valence-corrected chi connectivity index (χ3v) is 4.09. The van der Waals surface area contributed by atoms with Crippen molar-refractivity contribution in [1.29, 1.82) is 0 Å². The normalized spacial score (nSPS) is 11.0. The minimum Gasteiger partial charge on any atom is -0.361 e. The van der Waals surface area contributed by atoms with E-state index >= 15 is 0 Å². The highest BCUT2D eigenvalue weighted by molar-refractivity contribution is 5.93. The Labute approximate surface area is 142 Å². The molecule has 0 aliphatic rings. The predicted molar refractivity (Wildman–Crippen MR) is 97.6 cm³/mol. The number of benzene rings is 2. The number of aryl methyl sites for hydroxylation is 1. The maximum absolute atomic E-state index is 12.2. The van der Waals surface area contributed by atoms with Crippen LogP contribution in [0.4, 0.5) is 5.69 Å². The summed E-state index contributed by atoms with van der Waals surface area (Å²) in [5.74, 6) is 0.389. The fourth-order valence-electron chi connectivity index (χ4n) is 2.83. The lowest BCUT2D eigenvalue weighted by molar-refractivity contribution is -0.116. The lowest BCUT2D eigenvalue weighted by Gasteiger charge is -2.06. The molecule has 0 aliphatic heterocycles. The van der Waals surface area contributed by atoms with Crippen molar-refractivity contribution in [1.82, 2.24) is 15.0 Å². The minimum absolute atomic E-state index is 0.123. The molecule has 124 valence electrons. The number of aromatic amines is 2. The molecule has 2 heterocycles. The van der Waals surface area contributed by atoms with E-state index in [4.69, 9.17) is 0 Å². The summed E-state index contributed by atoms with van der Waals surface area (Å²) in [6.07, 6.45) is 2.47. The number of hydrogen-bond acceptors (Lipinski definition) is 3. The Morgan fingerprint density at radius 2 is 2.00 bits per heavy atom. The molecule has 0 unspecified atom stereocenters. The third-order valence-electron chi connectivity index (χ3n) is 4.09. The Hall–Kier alpha value is -3.41. The van der Waals surface area contributed by atoms with Crippen LogP contribution < -0.4 is 10.9 Å². The third kappa shape index (κ3) is 3.14. The molecule has 6 heteroatoms. The van der Waals surface area contributed by atoms with E-state index < -0.39 is 0 Å². The Morgan fingerprint density at radius 3 is 2.92 bits per heavy atom. The SMILES string of the molecule is O=C(CCc1nc2ccccc2c(=O)[nH]1)Nc1ccc2cc[nH]c2c1. The number of aromatic nitrogens is 3. The van der Waals surface area contributed by atoms with Gasteiger partial charge in [0.05, 0.1) is 10.9 Å². The van der Waals surface area contributed by atoms with E-state index in [1.54, 1.807) is 18.2 Å². The van der Waals surface area contributed by atoms with Gasteiger partial charge in [0.15, 0.2) is 0 Å². The van der Waals surface area contributed by atoms with Gasteiger partial charge in [0.1, 0.15) is 5.82 Å². The second kappa shape index (κ2) is 6.24. The maximum atomic E-state index is 12.2. The van der Waals surface area contributed by atoms with Crippen molar-refractivity contribution in [3.63, 3.8) is 0 Å². The van der Waals surface area contributed by atoms with Crippen LogP contribution in [0.5, 0.6) is 0 Å². The number of fused-ring (bicyclic) bond motifs is 2. The van der Waals surface area contributed by atoms with E-state index in [0.717, 1.165) is 16.6 Å². The largest absolute Gasteiger partial charge is 0.361 e. The number of anilines is 1. The zero-order chi connectivity index (χ0) is 17.2. The molecule has 2 aromatic carbocycles. The predicted octanol–water partition coefficient (Wildman–Crippen LogP) is 2.98. The molecule has 0 saturated heterocycles. The number of rotatable bonds is 4. The first kappa shape index (κ1) is 15.1. The van der Waals surface area contributed by atoms with Crippen LogP contribution in [0.3, 0.4) is 0 Å². The molecular formula is C19H16N4O2. The zero-order valence-corrected chi connectivity index (χ0v) is 13.4. The Bertz CT molecular complexity index is 1130. The second-order valence-corrected chi connectivity index (χ2v) is 5.86. The molecule has 1 amide bonds. The van der Waals surface area contributed by atoms with Gasteiger partial charge >= 0.3 is 0 Å². The fraction of sp³-hybridized carbons (Fsp3) is 0.105. The lowest BCUT2D eigenvalue weighted by atomic mass is 10.2. The van der Waals surface area contributed by atoms with E-state index in [9.17, 15) is 9.59 Å². The first-order chi connectivity index (χ1) is 12.2. The van der Waals surface area contributed by atoms with Crippen LogP contribution in [0.15, 0.2) is 59.5 Å². The lowest BCUT2D eigenvalue weighted by Crippen LogP contribution is -2.16. The molecule has 0 saturated carbocycles. The van der Waals surface area contributed by atoms with Crippen molar-refractivity contribution in [2.24, 2.45) is 0 Å². The van der Waals surface area contributed by atoms with Gasteiger partial charge in [-0.3, -0.25) is 9.59 Å². The molecule has 0 atom stereocenters. The maximum Gasteiger partial charge on any atom is 0.258 e. The van der Waals surface area contributed by atoms with Crippen molar-refractivity contribution in [2.45, 2.75) is 12.8 Å². The zero-order valence-electron chi connectivity index (χ0n) is 13.4. The van der Waals surface area contributed by atoms with E-state index in [0.29, 0.717) is 23.1 Å². The van der Waals surface area contributed by atoms with E-state index in [-0.39, 0.29) is 17.9 Å². The Kier molecular flexibility index (Phi) is 3.78. The summed E-state index contributed by atoms with van der Waals surface area (Å²) in [5, 5.41) is 4.51. The molecule has 2 aromatic heterocycles. The van der Waals surface area contributed by atoms with Crippen molar-refractivity contribution in [3.8, 4) is 0 Å². The number of carbonyl (C=O) groups is 1. The number of nitrogens with zero attached hydrogens (tertiary/aromatic N) is 1. The second-order valence-electron chi connectivity index (χ2n) is 5.86. The molecule has 25 heavy (non-hydrogen) atoms. The molecule has 3 N–H and O–H groups in total. The molecule has 0 aliphatic carbocycles. The van der Waals surface area contributed by atoms with Gasteiger partial charge < -0.3 is 15.3 Å². The number of hydrogen-bond donors (Lipinski definition) is 3. The first-order valence-corrected chi connectivity index (χ1v) is 8.04. The standard InChI is InChI=1S/C19H16N4O2/c24-18(21-13-6-5-12-9-10-20-16(12)11-13)8-7-17-22-15-4-2-1-3-14(15)19(25)23-17/h1-6,9-11,20H,7-8H2,(H,21,24)(H,22,23,25). The molecule has 6 nitrogen and oxygen atoms in total. The highest BCUT2D eigenvalue weighted by Crippen LogP contribution is 2.17. The minimum atomic E-state index is -0.182. The average molecular weight is 332 g/mol. The summed E-state index contributed by atoms with van der Waals surface area (Å²) < 4.78 is 0. The van der Waals surface area contributed by atoms with Gasteiger partial charge in [-0.1, -0.05) is 18.2 Å². The summed E-state index contributed by atoms with van der Waals surface area (Å²) in [7, 11) is 0. The fourth-order valence-corrected chi connectivity index (χ4v) is 2.83. The number of para-hydroxylation sites is 1. The smallest absolute Gasteiger partial charge is 0.258 e. The summed E-state index contributed by atoms with van der Waals surface area (Å²) in [4.78, 5) is 34.5. The van der Waals surface area contributed by atoms with E-state index in [1.165, 1.54) is 0 Å². The molecular weight excluding hydrogens is 316 g/mol. The van der Waals surface area contributed by atoms with Crippen molar-refractivity contribution in [3.05, 3.63) is 70.9 Å². The monoisotopic (exact) mass is 332 g/mol. The quantitative estimate of drug-likeness (QED) is 0.536. The summed E-state index contributed by atoms with van der Waals surface area (Å²) >= 11 is 0. The van der Waals surface area contributed by atoms with Crippen LogP contribution in [-0.4, -0.2) is 20.9 Å². The highest BCUT2D eigenvalue weighted by Gasteiger charge is 2.07. The van der Waals surface area contributed by atoms with E-state index in [2.05, 4.69) is 20.3 Å². The number of H-pyrrole nitrogens is 2. The summed E-state index contributed by atoms with van der Waals surface area (Å²) in [6, 6.07) is 14.8. The first-order valence-electron chi connectivity index (χ1n) is 8.04. The van der Waals surface area contributed by atoms with Crippen LogP contribution in [0.25, 0.3) is 21.8 Å². The van der Waals surface area contributed by atoms with Gasteiger partial charge in [-0.05, 0) is 35.7 Å². The van der Waals surface area contributed by atoms with Gasteiger partial charge in [-0.2, -0.15) is 0 Å². The number of nitrogens with one attached hydrogen (secondary N) is 3. The van der Waals surface area contributed by atoms with Crippen LogP contribution in [0.2, 0.25) is 0 Å². The van der Waals surface area contributed by atoms with Crippen LogP contribution in [0.1, 0.15) is 12.2 Å². The number of carbonyl (C=O) groups excluding carboxylic acids is 1. The molecule has 0 spiro atoms.